The van der Waals surface area contributed by atoms with Gasteiger partial charge in [0, 0.05) is 28.9 Å². The average Bonchev–Trinajstić information content (AvgIpc) is 3.52. The fourth-order valence-electron chi connectivity index (χ4n) is 4.24. The zero-order valence-corrected chi connectivity index (χ0v) is 21.5. The molecule has 9 heteroatoms. The quantitative estimate of drug-likeness (QED) is 0.275. The molecule has 0 saturated heterocycles. The summed E-state index contributed by atoms with van der Waals surface area (Å²) in [7, 11) is 0. The standard InChI is InChI=1S/C29H26N8O/c1-16-6-5-7-17(12-16)23-24-21(10-11-31-23)34-27(35-24)26-25-22(36-37-26)9-8-20(33-25)18-13-19(15-30-14-18)32-28(38)29(2,3)4/h5-15H,1-4H3,(H,32,38)(H,34,35)(H,36,37). The number of aromatic amines is 2. The van der Waals surface area contributed by atoms with Gasteiger partial charge in [-0.25, -0.2) is 9.97 Å². The van der Waals surface area contributed by atoms with Gasteiger partial charge in [0.1, 0.15) is 11.0 Å². The van der Waals surface area contributed by atoms with E-state index in [0.717, 1.165) is 38.9 Å². The van der Waals surface area contributed by atoms with Crippen LogP contribution in [0.5, 0.6) is 0 Å². The first kappa shape index (κ1) is 23.5. The molecular weight excluding hydrogens is 476 g/mol. The largest absolute Gasteiger partial charge is 0.336 e. The number of carbonyl (C=O) groups excluding carboxylic acids is 1. The van der Waals surface area contributed by atoms with Crippen LogP contribution in [0.2, 0.25) is 0 Å². The van der Waals surface area contributed by atoms with Gasteiger partial charge in [0.05, 0.1) is 34.3 Å². The van der Waals surface area contributed by atoms with Crippen molar-refractivity contribution < 1.29 is 4.79 Å². The van der Waals surface area contributed by atoms with Crippen LogP contribution in [0.15, 0.2) is 67.1 Å². The number of hydrogen-bond acceptors (Lipinski definition) is 6. The normalized spacial score (nSPS) is 11.8. The molecule has 6 rings (SSSR count). The van der Waals surface area contributed by atoms with Gasteiger partial charge in [0.2, 0.25) is 5.91 Å². The number of hydrogen-bond donors (Lipinski definition) is 3. The number of aryl methyl sites for hydroxylation is 1. The number of benzene rings is 1. The number of nitrogens with zero attached hydrogens (tertiary/aromatic N) is 5. The Labute approximate surface area is 218 Å². The molecule has 0 fully saturated rings. The number of pyridine rings is 3. The van der Waals surface area contributed by atoms with Gasteiger partial charge < -0.3 is 10.3 Å². The monoisotopic (exact) mass is 502 g/mol. The fraction of sp³-hybridized carbons (Fsp3) is 0.172. The highest BCUT2D eigenvalue weighted by molar-refractivity contribution is 5.96. The van der Waals surface area contributed by atoms with E-state index >= 15 is 0 Å². The molecule has 0 aliphatic heterocycles. The Morgan fingerprint density at radius 3 is 2.55 bits per heavy atom. The summed E-state index contributed by atoms with van der Waals surface area (Å²) < 4.78 is 0. The lowest BCUT2D eigenvalue weighted by atomic mass is 9.95. The second-order valence-corrected chi connectivity index (χ2v) is 10.3. The number of amides is 1. The molecule has 0 unspecified atom stereocenters. The molecule has 9 nitrogen and oxygen atoms in total. The van der Waals surface area contributed by atoms with Gasteiger partial charge in [-0.3, -0.25) is 19.9 Å². The second-order valence-electron chi connectivity index (χ2n) is 10.3. The van der Waals surface area contributed by atoms with Crippen LogP contribution in [0.1, 0.15) is 26.3 Å². The van der Waals surface area contributed by atoms with E-state index in [1.54, 1.807) is 18.6 Å². The Kier molecular flexibility index (Phi) is 5.48. The molecule has 0 atom stereocenters. The molecule has 0 saturated carbocycles. The van der Waals surface area contributed by atoms with Crippen molar-refractivity contribution in [2.24, 2.45) is 5.41 Å². The number of anilines is 1. The molecule has 0 spiro atoms. The molecule has 0 aliphatic rings. The van der Waals surface area contributed by atoms with Crippen molar-refractivity contribution in [2.45, 2.75) is 27.7 Å². The summed E-state index contributed by atoms with van der Waals surface area (Å²) in [5.41, 5.74) is 8.26. The zero-order valence-electron chi connectivity index (χ0n) is 21.5. The number of aromatic nitrogens is 7. The topological polar surface area (TPSA) is 125 Å². The van der Waals surface area contributed by atoms with Gasteiger partial charge >= 0.3 is 0 Å². The number of imidazole rings is 1. The first-order chi connectivity index (χ1) is 18.3. The molecule has 0 bridgehead atoms. The van der Waals surface area contributed by atoms with E-state index < -0.39 is 5.41 Å². The first-order valence-corrected chi connectivity index (χ1v) is 12.3. The van der Waals surface area contributed by atoms with Crippen LogP contribution in [-0.2, 0) is 4.79 Å². The molecular formula is C29H26N8O. The van der Waals surface area contributed by atoms with Gasteiger partial charge in [0.25, 0.3) is 0 Å². The van der Waals surface area contributed by atoms with Gasteiger partial charge in [0.15, 0.2) is 11.5 Å². The van der Waals surface area contributed by atoms with Crippen LogP contribution in [0.3, 0.4) is 0 Å². The van der Waals surface area contributed by atoms with E-state index in [9.17, 15) is 4.79 Å². The number of rotatable bonds is 4. The van der Waals surface area contributed by atoms with Crippen molar-refractivity contribution in [1.29, 1.82) is 0 Å². The maximum atomic E-state index is 12.4. The Balaban J connectivity index is 1.40. The summed E-state index contributed by atoms with van der Waals surface area (Å²) in [6.45, 7) is 7.66. The minimum Gasteiger partial charge on any atom is -0.336 e. The SMILES string of the molecule is Cc1cccc(-c2nccc3[nH]c(-c4n[nH]c5ccc(-c6cncc(NC(=O)C(C)(C)C)c6)nc45)nc23)c1. The van der Waals surface area contributed by atoms with Gasteiger partial charge in [-0.2, -0.15) is 5.10 Å². The third kappa shape index (κ3) is 4.28. The van der Waals surface area contributed by atoms with Crippen molar-refractivity contribution >= 4 is 33.7 Å². The van der Waals surface area contributed by atoms with E-state index in [0.29, 0.717) is 28.4 Å². The predicted molar refractivity (Wildman–Crippen MR) is 148 cm³/mol. The molecule has 1 aromatic carbocycles. The number of nitrogens with one attached hydrogen (secondary N) is 3. The lowest BCUT2D eigenvalue weighted by Gasteiger charge is -2.17. The van der Waals surface area contributed by atoms with Crippen LogP contribution in [0, 0.1) is 12.3 Å². The summed E-state index contributed by atoms with van der Waals surface area (Å²) in [4.78, 5) is 34.5. The molecule has 0 aliphatic carbocycles. The second kappa shape index (κ2) is 8.88. The van der Waals surface area contributed by atoms with E-state index in [2.05, 4.69) is 49.5 Å². The molecule has 0 radical (unpaired) electrons. The number of H-pyrrole nitrogens is 2. The summed E-state index contributed by atoms with van der Waals surface area (Å²) >= 11 is 0. The Bertz CT molecular complexity index is 1830. The molecule has 1 amide bonds. The molecule has 6 aromatic rings. The van der Waals surface area contributed by atoms with E-state index in [4.69, 9.17) is 9.97 Å². The predicted octanol–water partition coefficient (Wildman–Crippen LogP) is 5.92. The molecule has 188 valence electrons. The van der Waals surface area contributed by atoms with E-state index in [1.165, 1.54) is 0 Å². The number of carbonyl (C=O) groups is 1. The van der Waals surface area contributed by atoms with Crippen LogP contribution < -0.4 is 5.32 Å². The summed E-state index contributed by atoms with van der Waals surface area (Å²) in [5, 5.41) is 10.5. The Morgan fingerprint density at radius 1 is 0.895 bits per heavy atom. The average molecular weight is 503 g/mol. The highest BCUT2D eigenvalue weighted by Gasteiger charge is 2.22. The lowest BCUT2D eigenvalue weighted by Crippen LogP contribution is -2.27. The van der Waals surface area contributed by atoms with Crippen LogP contribution in [0.4, 0.5) is 5.69 Å². The summed E-state index contributed by atoms with van der Waals surface area (Å²) in [6, 6.07) is 15.8. The third-order valence-corrected chi connectivity index (χ3v) is 6.30. The molecule has 3 N–H and O–H groups in total. The van der Waals surface area contributed by atoms with Crippen molar-refractivity contribution in [3.8, 4) is 34.0 Å². The minimum absolute atomic E-state index is 0.0820. The maximum absolute atomic E-state index is 12.4. The molecule has 5 heterocycles. The fourth-order valence-corrected chi connectivity index (χ4v) is 4.24. The first-order valence-electron chi connectivity index (χ1n) is 12.3. The van der Waals surface area contributed by atoms with Crippen molar-refractivity contribution in [3.05, 3.63) is 72.7 Å². The Morgan fingerprint density at radius 2 is 1.74 bits per heavy atom. The maximum Gasteiger partial charge on any atom is 0.229 e. The molecule has 5 aromatic heterocycles. The Hall–Kier alpha value is -4.92. The smallest absolute Gasteiger partial charge is 0.229 e. The zero-order chi connectivity index (χ0) is 26.4. The van der Waals surface area contributed by atoms with Crippen molar-refractivity contribution in [1.82, 2.24) is 35.1 Å². The van der Waals surface area contributed by atoms with Gasteiger partial charge in [-0.1, -0.05) is 44.5 Å². The van der Waals surface area contributed by atoms with Crippen molar-refractivity contribution in [3.63, 3.8) is 0 Å². The highest BCUT2D eigenvalue weighted by Crippen LogP contribution is 2.31. The van der Waals surface area contributed by atoms with Crippen molar-refractivity contribution in [2.75, 3.05) is 5.32 Å². The van der Waals surface area contributed by atoms with Crippen LogP contribution >= 0.6 is 0 Å². The summed E-state index contributed by atoms with van der Waals surface area (Å²) in [5.74, 6) is 0.517. The van der Waals surface area contributed by atoms with E-state index in [1.807, 2.05) is 57.2 Å². The lowest BCUT2D eigenvalue weighted by molar-refractivity contribution is -0.123. The minimum atomic E-state index is -0.514. The number of fused-ring (bicyclic) bond motifs is 2. The third-order valence-electron chi connectivity index (χ3n) is 6.30. The van der Waals surface area contributed by atoms with Crippen LogP contribution in [0.25, 0.3) is 56.1 Å². The van der Waals surface area contributed by atoms with Gasteiger partial charge in [-0.05, 0) is 37.3 Å². The molecule has 38 heavy (non-hydrogen) atoms. The van der Waals surface area contributed by atoms with Gasteiger partial charge in [-0.15, -0.1) is 0 Å². The summed E-state index contributed by atoms with van der Waals surface area (Å²) in [6.07, 6.45) is 5.13. The highest BCUT2D eigenvalue weighted by atomic mass is 16.2. The van der Waals surface area contributed by atoms with Crippen LogP contribution in [-0.4, -0.2) is 41.0 Å². The van der Waals surface area contributed by atoms with E-state index in [-0.39, 0.29) is 5.91 Å².